The Balaban J connectivity index is 1.85. The van der Waals surface area contributed by atoms with Crippen LogP contribution in [0, 0.1) is 6.92 Å². The molecule has 118 valence electrons. The number of aromatic nitrogens is 3. The number of nitrogens with zero attached hydrogens (tertiary/aromatic N) is 3. The fraction of sp³-hybridized carbons (Fsp3) is 0.235. The molecule has 0 aliphatic heterocycles. The summed E-state index contributed by atoms with van der Waals surface area (Å²) < 4.78 is 6.76. The van der Waals surface area contributed by atoms with Crippen LogP contribution in [0.15, 0.2) is 40.9 Å². The van der Waals surface area contributed by atoms with Crippen LogP contribution in [-0.4, -0.2) is 20.8 Å². The molecule has 0 aliphatic carbocycles. The Bertz CT molecular complexity index is 834. The molecule has 23 heavy (non-hydrogen) atoms. The van der Waals surface area contributed by atoms with Crippen molar-refractivity contribution in [2.45, 2.75) is 20.3 Å². The van der Waals surface area contributed by atoms with Gasteiger partial charge in [0.2, 0.25) is 5.88 Å². The first-order valence-electron chi connectivity index (χ1n) is 7.46. The monoisotopic (exact) mass is 310 g/mol. The van der Waals surface area contributed by atoms with E-state index in [4.69, 9.17) is 4.52 Å². The Labute approximate surface area is 134 Å². The van der Waals surface area contributed by atoms with Gasteiger partial charge >= 0.3 is 0 Å². The molecule has 0 saturated heterocycles. The molecule has 1 aromatic carbocycles. The third kappa shape index (κ3) is 2.88. The fourth-order valence-corrected chi connectivity index (χ4v) is 2.41. The van der Waals surface area contributed by atoms with E-state index in [2.05, 4.69) is 15.6 Å². The van der Waals surface area contributed by atoms with Crippen LogP contribution >= 0.6 is 0 Å². The summed E-state index contributed by atoms with van der Waals surface area (Å²) in [7, 11) is 1.74. The van der Waals surface area contributed by atoms with E-state index < -0.39 is 0 Å². The highest BCUT2D eigenvalue weighted by Crippen LogP contribution is 2.22. The number of anilines is 1. The molecule has 0 bridgehead atoms. The van der Waals surface area contributed by atoms with Crippen molar-refractivity contribution < 1.29 is 9.32 Å². The third-order valence-electron chi connectivity index (χ3n) is 3.76. The van der Waals surface area contributed by atoms with Gasteiger partial charge in [0.25, 0.3) is 5.91 Å². The van der Waals surface area contributed by atoms with Gasteiger partial charge in [0.1, 0.15) is 5.69 Å². The maximum absolute atomic E-state index is 12.5. The first-order chi connectivity index (χ1) is 11.1. The van der Waals surface area contributed by atoms with Crippen molar-refractivity contribution in [1.29, 1.82) is 0 Å². The summed E-state index contributed by atoms with van der Waals surface area (Å²) in [5, 5.41) is 11.1. The quantitative estimate of drug-likeness (QED) is 0.803. The van der Waals surface area contributed by atoms with Crippen molar-refractivity contribution in [2.24, 2.45) is 7.05 Å². The lowest BCUT2D eigenvalue weighted by molar-refractivity contribution is 0.101. The summed E-state index contributed by atoms with van der Waals surface area (Å²) in [5.74, 6) is 0.110. The average molecular weight is 310 g/mol. The molecular formula is C17H18N4O2. The number of hydrogen-bond donors (Lipinski definition) is 1. The lowest BCUT2D eigenvalue weighted by Crippen LogP contribution is -2.16. The molecule has 0 fully saturated rings. The van der Waals surface area contributed by atoms with Crippen LogP contribution in [0.2, 0.25) is 0 Å². The van der Waals surface area contributed by atoms with Crippen LogP contribution < -0.4 is 5.32 Å². The molecular weight excluding hydrogens is 292 g/mol. The van der Waals surface area contributed by atoms with E-state index in [1.54, 1.807) is 17.8 Å². The molecule has 0 radical (unpaired) electrons. The number of aryl methyl sites for hydroxylation is 2. The van der Waals surface area contributed by atoms with Crippen molar-refractivity contribution >= 4 is 11.8 Å². The van der Waals surface area contributed by atoms with E-state index in [1.165, 1.54) is 0 Å². The van der Waals surface area contributed by atoms with E-state index in [0.29, 0.717) is 11.6 Å². The molecule has 0 aliphatic rings. The Morgan fingerprint density at radius 3 is 2.70 bits per heavy atom. The first-order valence-corrected chi connectivity index (χ1v) is 7.46. The smallest absolute Gasteiger partial charge is 0.276 e. The van der Waals surface area contributed by atoms with Crippen LogP contribution in [0.25, 0.3) is 11.3 Å². The van der Waals surface area contributed by atoms with Gasteiger partial charge in [-0.3, -0.25) is 14.8 Å². The highest BCUT2D eigenvalue weighted by Gasteiger charge is 2.18. The molecule has 0 unspecified atom stereocenters. The molecule has 2 heterocycles. The maximum Gasteiger partial charge on any atom is 0.276 e. The molecule has 3 aromatic rings. The SMILES string of the molecule is CCc1noc(NC(=O)c2cc(-c3ccccc3)nn2C)c1C. The summed E-state index contributed by atoms with van der Waals surface area (Å²) in [6.45, 7) is 3.87. The van der Waals surface area contributed by atoms with Gasteiger partial charge in [0.05, 0.1) is 11.4 Å². The molecule has 6 nitrogen and oxygen atoms in total. The fourth-order valence-electron chi connectivity index (χ4n) is 2.41. The van der Waals surface area contributed by atoms with Gasteiger partial charge in [-0.1, -0.05) is 42.4 Å². The van der Waals surface area contributed by atoms with Crippen molar-refractivity contribution in [3.8, 4) is 11.3 Å². The van der Waals surface area contributed by atoms with Gasteiger partial charge in [-0.15, -0.1) is 0 Å². The van der Waals surface area contributed by atoms with Crippen molar-refractivity contribution in [2.75, 3.05) is 5.32 Å². The summed E-state index contributed by atoms with van der Waals surface area (Å²) in [6, 6.07) is 11.5. The minimum atomic E-state index is -0.274. The number of carbonyl (C=O) groups is 1. The predicted octanol–water partition coefficient (Wildman–Crippen LogP) is 3.20. The standard InChI is InChI=1S/C17H18N4O2/c1-4-13-11(2)17(23-20-13)18-16(22)15-10-14(19-21(15)3)12-8-6-5-7-9-12/h5-10H,4H2,1-3H3,(H,18,22). The number of benzene rings is 1. The zero-order valence-corrected chi connectivity index (χ0v) is 13.3. The second-order valence-corrected chi connectivity index (χ2v) is 5.30. The largest absolute Gasteiger partial charge is 0.338 e. The summed E-state index contributed by atoms with van der Waals surface area (Å²) in [6.07, 6.45) is 0.759. The highest BCUT2D eigenvalue weighted by atomic mass is 16.5. The summed E-state index contributed by atoms with van der Waals surface area (Å²) in [5.41, 5.74) is 3.87. The van der Waals surface area contributed by atoms with Crippen LogP contribution in [-0.2, 0) is 13.5 Å². The van der Waals surface area contributed by atoms with E-state index in [9.17, 15) is 4.79 Å². The Hall–Kier alpha value is -2.89. The zero-order valence-electron chi connectivity index (χ0n) is 13.3. The molecule has 2 aromatic heterocycles. The van der Waals surface area contributed by atoms with Crippen LogP contribution in [0.5, 0.6) is 0 Å². The van der Waals surface area contributed by atoms with Crippen LogP contribution in [0.4, 0.5) is 5.88 Å². The van der Waals surface area contributed by atoms with Gasteiger partial charge in [-0.2, -0.15) is 5.10 Å². The number of nitrogens with one attached hydrogen (secondary N) is 1. The molecule has 1 amide bonds. The zero-order chi connectivity index (χ0) is 16.4. The topological polar surface area (TPSA) is 73.0 Å². The lowest BCUT2D eigenvalue weighted by atomic mass is 10.1. The summed E-state index contributed by atoms with van der Waals surface area (Å²) >= 11 is 0. The minimum absolute atomic E-state index is 0.274. The predicted molar refractivity (Wildman–Crippen MR) is 87.2 cm³/mol. The van der Waals surface area contributed by atoms with E-state index in [0.717, 1.165) is 28.9 Å². The molecule has 0 spiro atoms. The normalized spacial score (nSPS) is 10.7. The van der Waals surface area contributed by atoms with Gasteiger partial charge in [0, 0.05) is 18.2 Å². The molecule has 0 saturated carbocycles. The Morgan fingerprint density at radius 2 is 2.04 bits per heavy atom. The van der Waals surface area contributed by atoms with Gasteiger partial charge < -0.3 is 4.52 Å². The molecule has 3 rings (SSSR count). The number of carbonyl (C=O) groups excluding carboxylic acids is 1. The Kier molecular flexibility index (Phi) is 3.97. The van der Waals surface area contributed by atoms with Gasteiger partial charge in [0.15, 0.2) is 0 Å². The molecule has 0 atom stereocenters. The van der Waals surface area contributed by atoms with Crippen molar-refractivity contribution in [1.82, 2.24) is 14.9 Å². The Morgan fingerprint density at radius 1 is 1.30 bits per heavy atom. The third-order valence-corrected chi connectivity index (χ3v) is 3.76. The highest BCUT2D eigenvalue weighted by molar-refractivity contribution is 6.03. The van der Waals surface area contributed by atoms with Crippen LogP contribution in [0.3, 0.4) is 0 Å². The average Bonchev–Trinajstić information content (AvgIpc) is 3.12. The molecule has 6 heteroatoms. The second-order valence-electron chi connectivity index (χ2n) is 5.30. The lowest BCUT2D eigenvalue weighted by Gasteiger charge is -2.02. The van der Waals surface area contributed by atoms with Crippen LogP contribution in [0.1, 0.15) is 28.7 Å². The number of rotatable bonds is 4. The summed E-state index contributed by atoms with van der Waals surface area (Å²) in [4.78, 5) is 12.5. The van der Waals surface area contributed by atoms with Crippen molar-refractivity contribution in [3.05, 3.63) is 53.3 Å². The second kappa shape index (κ2) is 6.08. The van der Waals surface area contributed by atoms with E-state index in [-0.39, 0.29) is 5.91 Å². The van der Waals surface area contributed by atoms with E-state index in [1.807, 2.05) is 44.2 Å². The van der Waals surface area contributed by atoms with Gasteiger partial charge in [-0.05, 0) is 19.4 Å². The van der Waals surface area contributed by atoms with Crippen molar-refractivity contribution in [3.63, 3.8) is 0 Å². The molecule has 1 N–H and O–H groups in total. The first kappa shape index (κ1) is 15.0. The van der Waals surface area contributed by atoms with Gasteiger partial charge in [-0.25, -0.2) is 0 Å². The minimum Gasteiger partial charge on any atom is -0.338 e. The number of amides is 1. The van der Waals surface area contributed by atoms with E-state index >= 15 is 0 Å². The maximum atomic E-state index is 12.5. The number of hydrogen-bond acceptors (Lipinski definition) is 4.